The molecule has 32 heavy (non-hydrogen) atoms. The maximum Gasteiger partial charge on any atom is 0.522 e. The van der Waals surface area contributed by atoms with E-state index in [9.17, 15) is 18.3 Å². The second-order valence-electron chi connectivity index (χ2n) is 7.90. The van der Waals surface area contributed by atoms with Crippen LogP contribution in [0.3, 0.4) is 0 Å². The summed E-state index contributed by atoms with van der Waals surface area (Å²) in [4.78, 5) is 6.86. The van der Waals surface area contributed by atoms with Crippen molar-refractivity contribution in [1.82, 2.24) is 9.88 Å². The molecule has 1 aromatic carbocycles. The molecule has 2 unspecified atom stereocenters. The highest BCUT2D eigenvalue weighted by Gasteiger charge is 2.44. The van der Waals surface area contributed by atoms with Crippen LogP contribution in [0, 0.1) is 11.8 Å². The number of benzene rings is 1. The topological polar surface area (TPSA) is 100.0 Å². The summed E-state index contributed by atoms with van der Waals surface area (Å²) in [6, 6.07) is 7.96. The molecule has 11 heteroatoms. The van der Waals surface area contributed by atoms with E-state index >= 15 is 0 Å². The van der Waals surface area contributed by atoms with Crippen molar-refractivity contribution in [3.8, 4) is 5.75 Å². The molecule has 2 aromatic rings. The van der Waals surface area contributed by atoms with Gasteiger partial charge in [-0.1, -0.05) is 6.08 Å². The summed E-state index contributed by atoms with van der Waals surface area (Å²) in [7, 11) is -4.18. The second-order valence-corrected chi connectivity index (χ2v) is 9.31. The first-order valence-corrected chi connectivity index (χ1v) is 11.4. The van der Waals surface area contributed by atoms with E-state index in [0.717, 1.165) is 41.7 Å². The molecule has 0 spiro atoms. The highest BCUT2D eigenvalue weighted by Crippen LogP contribution is 2.42. The van der Waals surface area contributed by atoms with Crippen molar-refractivity contribution >= 4 is 21.0 Å². The van der Waals surface area contributed by atoms with Gasteiger partial charge in [-0.05, 0) is 61.1 Å². The highest BCUT2D eigenvalue weighted by atomic mass is 32.2. The summed E-state index contributed by atoms with van der Waals surface area (Å²) in [5, 5.41) is 12.1. The Bertz CT molecular complexity index is 1080. The zero-order valence-corrected chi connectivity index (χ0v) is 18.2. The largest absolute Gasteiger partial charge is 0.522 e. The number of alkyl halides is 3. The Kier molecular flexibility index (Phi) is 7.13. The standard InChI is InChI=1S/C20H24N2O2.CHF3O3S/c1-3-13-12-22-9-7-14(13)10-19(22)20(23)16-6-8-21-18-5-4-15(24-2)11-17(16)18;2-1(3,4)8(5,6)7/h3-6,8,11,13-14,19-20,23H,1,7,9-10,12H2,2H3;(H,5,6,7)/t13-,14?,19-,20-;/m1./s1. The van der Waals surface area contributed by atoms with E-state index in [1.165, 1.54) is 6.42 Å². The molecular formula is C21H25F3N2O5S. The number of fused-ring (bicyclic) bond motifs is 4. The minimum absolute atomic E-state index is 0.178. The minimum Gasteiger partial charge on any atom is -0.497 e. The molecular weight excluding hydrogens is 449 g/mol. The molecule has 3 saturated heterocycles. The Hall–Kier alpha value is -2.21. The van der Waals surface area contributed by atoms with Crippen molar-refractivity contribution < 1.29 is 36.0 Å². The van der Waals surface area contributed by atoms with E-state index < -0.39 is 21.7 Å². The Morgan fingerprint density at radius 3 is 2.56 bits per heavy atom. The summed E-state index contributed by atoms with van der Waals surface area (Å²) in [6.45, 7) is 6.07. The molecule has 5 rings (SSSR count). The number of piperidine rings is 3. The van der Waals surface area contributed by atoms with Gasteiger partial charge in [-0.2, -0.15) is 21.6 Å². The Morgan fingerprint density at radius 2 is 2.03 bits per heavy atom. The number of aliphatic hydroxyl groups is 1. The average Bonchev–Trinajstić information content (AvgIpc) is 2.77. The van der Waals surface area contributed by atoms with Crippen LogP contribution >= 0.6 is 0 Å². The number of ether oxygens (including phenoxy) is 1. The third-order valence-electron chi connectivity index (χ3n) is 6.11. The third kappa shape index (κ3) is 5.06. The molecule has 5 atom stereocenters. The van der Waals surface area contributed by atoms with E-state index in [-0.39, 0.29) is 6.04 Å². The van der Waals surface area contributed by atoms with Crippen LogP contribution in [0.1, 0.15) is 24.5 Å². The van der Waals surface area contributed by atoms with E-state index in [1.807, 2.05) is 24.3 Å². The van der Waals surface area contributed by atoms with Gasteiger partial charge in [0.25, 0.3) is 0 Å². The predicted octanol–water partition coefficient (Wildman–Crippen LogP) is 3.57. The van der Waals surface area contributed by atoms with Gasteiger partial charge in [-0.15, -0.1) is 6.58 Å². The molecule has 2 bridgehead atoms. The number of rotatable bonds is 4. The van der Waals surface area contributed by atoms with Crippen LogP contribution in [0.4, 0.5) is 13.2 Å². The van der Waals surface area contributed by atoms with Gasteiger partial charge in [0.05, 0.1) is 18.7 Å². The summed E-state index contributed by atoms with van der Waals surface area (Å²) in [5.41, 5.74) is -3.69. The van der Waals surface area contributed by atoms with Gasteiger partial charge in [0, 0.05) is 24.2 Å². The molecule has 0 radical (unpaired) electrons. The molecule has 176 valence electrons. The summed E-state index contributed by atoms with van der Waals surface area (Å²) >= 11 is 0. The number of hydrogen-bond donors (Lipinski definition) is 2. The number of nitrogens with zero attached hydrogens (tertiary/aromatic N) is 2. The van der Waals surface area contributed by atoms with Crippen LogP contribution < -0.4 is 4.74 Å². The van der Waals surface area contributed by atoms with Crippen LogP contribution in [0.25, 0.3) is 10.9 Å². The average molecular weight is 475 g/mol. The zero-order valence-electron chi connectivity index (χ0n) is 17.4. The first-order valence-electron chi connectivity index (χ1n) is 9.97. The molecule has 0 saturated carbocycles. The van der Waals surface area contributed by atoms with Crippen LogP contribution in [0.15, 0.2) is 43.1 Å². The number of methoxy groups -OCH3 is 1. The second kappa shape index (κ2) is 9.34. The van der Waals surface area contributed by atoms with Gasteiger partial charge in [0.15, 0.2) is 0 Å². The number of aromatic nitrogens is 1. The van der Waals surface area contributed by atoms with Crippen molar-refractivity contribution in [3.63, 3.8) is 0 Å². The van der Waals surface area contributed by atoms with E-state index in [1.54, 1.807) is 13.3 Å². The molecule has 4 heterocycles. The molecule has 2 N–H and O–H groups in total. The lowest BCUT2D eigenvalue weighted by Crippen LogP contribution is -2.54. The molecule has 0 aliphatic carbocycles. The Morgan fingerprint density at radius 1 is 1.34 bits per heavy atom. The van der Waals surface area contributed by atoms with Crippen molar-refractivity contribution in [3.05, 3.63) is 48.7 Å². The zero-order chi connectivity index (χ0) is 23.7. The summed E-state index contributed by atoms with van der Waals surface area (Å²) in [5.74, 6) is 2.01. The van der Waals surface area contributed by atoms with Gasteiger partial charge in [0.1, 0.15) is 5.75 Å². The SMILES string of the molecule is C=C[C@@H]1CN2CCC1C[C@@H]2[C@H](O)c1ccnc2ccc(OC)cc12.O=S(=O)(O)C(F)(F)F. The normalized spacial score (nSPS) is 26.2. The summed E-state index contributed by atoms with van der Waals surface area (Å²) in [6.07, 6.45) is 5.62. The Labute approximate surface area is 184 Å². The first kappa shape index (κ1) is 24.4. The molecule has 3 aliphatic heterocycles. The number of hydrogen-bond acceptors (Lipinski definition) is 6. The Balaban J connectivity index is 0.000000312. The third-order valence-corrected chi connectivity index (χ3v) is 6.70. The van der Waals surface area contributed by atoms with Gasteiger partial charge in [-0.25, -0.2) is 0 Å². The van der Waals surface area contributed by atoms with E-state index in [2.05, 4.69) is 22.5 Å². The van der Waals surface area contributed by atoms with Crippen molar-refractivity contribution in [2.75, 3.05) is 20.2 Å². The van der Waals surface area contributed by atoms with E-state index in [4.69, 9.17) is 17.7 Å². The highest BCUT2D eigenvalue weighted by molar-refractivity contribution is 7.86. The quantitative estimate of drug-likeness (QED) is 0.397. The lowest BCUT2D eigenvalue weighted by atomic mass is 9.73. The van der Waals surface area contributed by atoms with Gasteiger partial charge in [-0.3, -0.25) is 14.4 Å². The minimum atomic E-state index is -5.84. The molecule has 3 aliphatic rings. The van der Waals surface area contributed by atoms with Crippen LogP contribution in [0.5, 0.6) is 5.75 Å². The fourth-order valence-corrected chi connectivity index (χ4v) is 4.44. The smallest absolute Gasteiger partial charge is 0.497 e. The first-order chi connectivity index (χ1) is 15.0. The van der Waals surface area contributed by atoms with Gasteiger partial charge >= 0.3 is 15.6 Å². The van der Waals surface area contributed by atoms with Crippen LogP contribution in [-0.2, 0) is 10.1 Å². The van der Waals surface area contributed by atoms with Crippen LogP contribution in [0.2, 0.25) is 0 Å². The number of halogens is 3. The maximum absolute atomic E-state index is 11.2. The number of pyridine rings is 1. The molecule has 7 nitrogen and oxygen atoms in total. The predicted molar refractivity (Wildman–Crippen MR) is 113 cm³/mol. The fraction of sp³-hybridized carbons (Fsp3) is 0.476. The molecule has 3 fully saturated rings. The maximum atomic E-state index is 11.2. The van der Waals surface area contributed by atoms with Crippen LogP contribution in [-0.4, -0.2) is 59.7 Å². The lowest BCUT2D eigenvalue weighted by Gasteiger charge is -2.50. The van der Waals surface area contributed by atoms with Crippen molar-refractivity contribution in [2.24, 2.45) is 11.8 Å². The molecule has 1 aromatic heterocycles. The van der Waals surface area contributed by atoms with E-state index in [0.29, 0.717) is 11.8 Å². The van der Waals surface area contributed by atoms with Gasteiger partial charge < -0.3 is 9.84 Å². The van der Waals surface area contributed by atoms with Crippen molar-refractivity contribution in [1.29, 1.82) is 0 Å². The van der Waals surface area contributed by atoms with Gasteiger partial charge in [0.2, 0.25) is 0 Å². The fourth-order valence-electron chi connectivity index (χ4n) is 4.44. The summed E-state index contributed by atoms with van der Waals surface area (Å²) < 4.78 is 62.9. The van der Waals surface area contributed by atoms with Crippen molar-refractivity contribution in [2.45, 2.75) is 30.5 Å². The number of aliphatic hydroxyl groups excluding tert-OH is 1. The lowest BCUT2D eigenvalue weighted by molar-refractivity contribution is -0.0510. The molecule has 0 amide bonds. The monoisotopic (exact) mass is 474 g/mol.